The Morgan fingerprint density at radius 1 is 1.16 bits per heavy atom. The van der Waals surface area contributed by atoms with Crippen molar-refractivity contribution in [1.82, 2.24) is 9.97 Å². The fraction of sp³-hybridized carbons (Fsp3) is 0.714. The van der Waals surface area contributed by atoms with Gasteiger partial charge < -0.3 is 15.4 Å². The molecule has 5 nitrogen and oxygen atoms in total. The summed E-state index contributed by atoms with van der Waals surface area (Å²) < 4.78 is 5.55. The van der Waals surface area contributed by atoms with Gasteiger partial charge in [-0.25, -0.2) is 9.97 Å². The number of nitrogens with one attached hydrogen (secondary N) is 2. The average Bonchev–Trinajstić information content (AvgIpc) is 2.36. The Labute approximate surface area is 116 Å². The van der Waals surface area contributed by atoms with Gasteiger partial charge in [-0.2, -0.15) is 0 Å². The Kier molecular flexibility index (Phi) is 6.56. The standard InChI is InChI=1S/C14H26N4O/c1-10(2)9-19-8-6-7-16-14-11(3)13(15-5)17-12(4)18-14/h10H,6-9H2,1-5H3,(H2,15,16,17,18). The summed E-state index contributed by atoms with van der Waals surface area (Å²) in [6.07, 6.45) is 0.976. The van der Waals surface area contributed by atoms with Gasteiger partial charge in [0.2, 0.25) is 0 Å². The average molecular weight is 266 g/mol. The lowest BCUT2D eigenvalue weighted by Crippen LogP contribution is -2.12. The third kappa shape index (κ3) is 5.42. The van der Waals surface area contributed by atoms with Crippen molar-refractivity contribution in [3.05, 3.63) is 11.4 Å². The second-order valence-corrected chi connectivity index (χ2v) is 5.09. The van der Waals surface area contributed by atoms with Crippen LogP contribution in [0.5, 0.6) is 0 Å². The molecule has 1 aromatic heterocycles. The van der Waals surface area contributed by atoms with Gasteiger partial charge in [-0.05, 0) is 26.2 Å². The van der Waals surface area contributed by atoms with E-state index in [0.717, 1.165) is 49.2 Å². The highest BCUT2D eigenvalue weighted by Crippen LogP contribution is 2.18. The van der Waals surface area contributed by atoms with Crippen molar-refractivity contribution in [2.24, 2.45) is 5.92 Å². The van der Waals surface area contributed by atoms with Crippen LogP contribution >= 0.6 is 0 Å². The van der Waals surface area contributed by atoms with E-state index in [0.29, 0.717) is 5.92 Å². The third-order valence-corrected chi connectivity index (χ3v) is 2.70. The molecule has 1 heterocycles. The Balaban J connectivity index is 2.39. The van der Waals surface area contributed by atoms with E-state index in [-0.39, 0.29) is 0 Å². The van der Waals surface area contributed by atoms with Crippen molar-refractivity contribution in [2.75, 3.05) is 37.4 Å². The van der Waals surface area contributed by atoms with Crippen molar-refractivity contribution >= 4 is 11.6 Å². The summed E-state index contributed by atoms with van der Waals surface area (Å²) in [5, 5.41) is 6.43. The van der Waals surface area contributed by atoms with Crippen LogP contribution in [-0.2, 0) is 4.74 Å². The molecule has 1 rings (SSSR count). The SMILES string of the molecule is CNc1nc(C)nc(NCCCOCC(C)C)c1C. The Bertz CT molecular complexity index is 393. The molecule has 0 spiro atoms. The fourth-order valence-electron chi connectivity index (χ4n) is 1.74. The van der Waals surface area contributed by atoms with Crippen LogP contribution in [0.4, 0.5) is 11.6 Å². The molecule has 19 heavy (non-hydrogen) atoms. The minimum atomic E-state index is 0.595. The molecule has 5 heteroatoms. The van der Waals surface area contributed by atoms with Crippen LogP contribution in [0.2, 0.25) is 0 Å². The number of aryl methyl sites for hydroxylation is 1. The molecule has 0 aromatic carbocycles. The van der Waals surface area contributed by atoms with Crippen LogP contribution < -0.4 is 10.6 Å². The van der Waals surface area contributed by atoms with Crippen LogP contribution in [-0.4, -0.2) is 36.8 Å². The molecule has 0 aliphatic carbocycles. The molecule has 0 saturated heterocycles. The third-order valence-electron chi connectivity index (χ3n) is 2.70. The van der Waals surface area contributed by atoms with Crippen molar-refractivity contribution in [3.63, 3.8) is 0 Å². The van der Waals surface area contributed by atoms with Gasteiger partial charge in [-0.1, -0.05) is 13.8 Å². The second-order valence-electron chi connectivity index (χ2n) is 5.09. The van der Waals surface area contributed by atoms with Crippen LogP contribution in [0.15, 0.2) is 0 Å². The molecular weight excluding hydrogens is 240 g/mol. The molecule has 0 aliphatic rings. The van der Waals surface area contributed by atoms with Crippen LogP contribution in [0, 0.1) is 19.8 Å². The van der Waals surface area contributed by atoms with Gasteiger partial charge in [0.25, 0.3) is 0 Å². The predicted octanol–water partition coefficient (Wildman–Crippen LogP) is 2.61. The highest BCUT2D eigenvalue weighted by Gasteiger charge is 2.07. The largest absolute Gasteiger partial charge is 0.381 e. The number of aromatic nitrogens is 2. The topological polar surface area (TPSA) is 59.1 Å². The summed E-state index contributed by atoms with van der Waals surface area (Å²) in [4.78, 5) is 8.77. The summed E-state index contributed by atoms with van der Waals surface area (Å²) in [6.45, 7) is 10.7. The highest BCUT2D eigenvalue weighted by atomic mass is 16.5. The molecule has 0 fully saturated rings. The van der Waals surface area contributed by atoms with Gasteiger partial charge in [0, 0.05) is 32.4 Å². The van der Waals surface area contributed by atoms with E-state index in [1.807, 2.05) is 20.9 Å². The van der Waals surface area contributed by atoms with Crippen molar-refractivity contribution in [2.45, 2.75) is 34.1 Å². The monoisotopic (exact) mass is 266 g/mol. The maximum atomic E-state index is 5.55. The molecule has 1 aromatic rings. The highest BCUT2D eigenvalue weighted by molar-refractivity contribution is 5.56. The first-order valence-electron chi connectivity index (χ1n) is 6.89. The maximum Gasteiger partial charge on any atom is 0.134 e. The van der Waals surface area contributed by atoms with Crippen LogP contribution in [0.3, 0.4) is 0 Å². The Morgan fingerprint density at radius 3 is 2.47 bits per heavy atom. The zero-order chi connectivity index (χ0) is 14.3. The smallest absolute Gasteiger partial charge is 0.134 e. The van der Waals surface area contributed by atoms with Gasteiger partial charge in [0.1, 0.15) is 17.5 Å². The molecule has 0 unspecified atom stereocenters. The first-order valence-corrected chi connectivity index (χ1v) is 6.89. The van der Waals surface area contributed by atoms with Crippen molar-refractivity contribution in [1.29, 1.82) is 0 Å². The lowest BCUT2D eigenvalue weighted by molar-refractivity contribution is 0.110. The van der Waals surface area contributed by atoms with E-state index < -0.39 is 0 Å². The molecular formula is C14H26N4O. The Morgan fingerprint density at radius 2 is 1.84 bits per heavy atom. The summed E-state index contributed by atoms with van der Waals surface area (Å²) >= 11 is 0. The Hall–Kier alpha value is -1.36. The molecule has 0 aliphatic heterocycles. The summed E-state index contributed by atoms with van der Waals surface area (Å²) in [5.41, 5.74) is 1.05. The normalized spacial score (nSPS) is 10.8. The predicted molar refractivity (Wildman–Crippen MR) is 79.8 cm³/mol. The molecule has 0 bridgehead atoms. The molecule has 0 amide bonds. The van der Waals surface area contributed by atoms with Gasteiger partial charge in [0.05, 0.1) is 0 Å². The number of hydrogen-bond acceptors (Lipinski definition) is 5. The quantitative estimate of drug-likeness (QED) is 0.708. The van der Waals surface area contributed by atoms with E-state index in [1.165, 1.54) is 0 Å². The zero-order valence-corrected chi connectivity index (χ0v) is 12.7. The lowest BCUT2D eigenvalue weighted by Gasteiger charge is -2.13. The molecule has 0 saturated carbocycles. The van der Waals surface area contributed by atoms with Gasteiger partial charge >= 0.3 is 0 Å². The van der Waals surface area contributed by atoms with Crippen LogP contribution in [0.1, 0.15) is 31.7 Å². The van der Waals surface area contributed by atoms with E-state index in [1.54, 1.807) is 0 Å². The van der Waals surface area contributed by atoms with Crippen molar-refractivity contribution in [3.8, 4) is 0 Å². The molecule has 108 valence electrons. The summed E-state index contributed by atoms with van der Waals surface area (Å²) in [6, 6.07) is 0. The van der Waals surface area contributed by atoms with Gasteiger partial charge in [0.15, 0.2) is 0 Å². The van der Waals surface area contributed by atoms with Crippen LogP contribution in [0.25, 0.3) is 0 Å². The number of hydrogen-bond donors (Lipinski definition) is 2. The minimum absolute atomic E-state index is 0.595. The molecule has 2 N–H and O–H groups in total. The molecule has 0 radical (unpaired) electrons. The summed E-state index contributed by atoms with van der Waals surface area (Å²) in [7, 11) is 1.87. The first-order chi connectivity index (χ1) is 9.04. The van der Waals surface area contributed by atoms with Crippen molar-refractivity contribution < 1.29 is 4.74 Å². The minimum Gasteiger partial charge on any atom is -0.381 e. The lowest BCUT2D eigenvalue weighted by atomic mass is 10.2. The van der Waals surface area contributed by atoms with E-state index in [2.05, 4.69) is 34.4 Å². The summed E-state index contributed by atoms with van der Waals surface area (Å²) in [5.74, 6) is 3.15. The van der Waals surface area contributed by atoms with Gasteiger partial charge in [-0.3, -0.25) is 0 Å². The second kappa shape index (κ2) is 7.94. The fourth-order valence-corrected chi connectivity index (χ4v) is 1.74. The van der Waals surface area contributed by atoms with E-state index >= 15 is 0 Å². The van der Waals surface area contributed by atoms with E-state index in [4.69, 9.17) is 4.74 Å². The number of anilines is 2. The first kappa shape index (κ1) is 15.7. The number of nitrogens with zero attached hydrogens (tertiary/aromatic N) is 2. The number of rotatable bonds is 8. The zero-order valence-electron chi connectivity index (χ0n) is 12.7. The number of ether oxygens (including phenoxy) is 1. The van der Waals surface area contributed by atoms with E-state index in [9.17, 15) is 0 Å². The molecule has 0 atom stereocenters. The van der Waals surface area contributed by atoms with Gasteiger partial charge in [-0.15, -0.1) is 0 Å². The maximum absolute atomic E-state index is 5.55.